The van der Waals surface area contributed by atoms with E-state index in [2.05, 4.69) is 28.8 Å². The van der Waals surface area contributed by atoms with Crippen LogP contribution in [0.15, 0.2) is 5.16 Å². The fourth-order valence-electron chi connectivity index (χ4n) is 3.49. The third-order valence-corrected chi connectivity index (χ3v) is 4.36. The van der Waals surface area contributed by atoms with Crippen molar-refractivity contribution >= 4 is 5.71 Å². The van der Waals surface area contributed by atoms with Gasteiger partial charge in [0.1, 0.15) is 0 Å². The Bertz CT molecular complexity index is 279. The Balaban J connectivity index is 2.01. The molecule has 0 aromatic heterocycles. The van der Waals surface area contributed by atoms with Crippen molar-refractivity contribution in [2.75, 3.05) is 32.7 Å². The van der Waals surface area contributed by atoms with Gasteiger partial charge < -0.3 is 10.1 Å². The lowest BCUT2D eigenvalue weighted by molar-refractivity contribution is 0.107. The van der Waals surface area contributed by atoms with Crippen LogP contribution in [0, 0.1) is 5.92 Å². The molecule has 3 saturated heterocycles. The summed E-state index contributed by atoms with van der Waals surface area (Å²) in [5.74, 6) is 0.537. The van der Waals surface area contributed by atoms with Crippen molar-refractivity contribution in [1.29, 1.82) is 0 Å². The highest BCUT2D eigenvalue weighted by atomic mass is 16.4. The van der Waals surface area contributed by atoms with Gasteiger partial charge >= 0.3 is 0 Å². The summed E-state index contributed by atoms with van der Waals surface area (Å²) in [7, 11) is 0. The van der Waals surface area contributed by atoms with Crippen LogP contribution in [0.4, 0.5) is 0 Å². The van der Waals surface area contributed by atoms with Gasteiger partial charge in [0.25, 0.3) is 0 Å². The maximum Gasteiger partial charge on any atom is 0.0786 e. The molecule has 3 fully saturated rings. The van der Waals surface area contributed by atoms with Crippen molar-refractivity contribution in [3.63, 3.8) is 0 Å². The monoisotopic (exact) mass is 253 g/mol. The van der Waals surface area contributed by atoms with Gasteiger partial charge in [-0.25, -0.2) is 0 Å². The van der Waals surface area contributed by atoms with Crippen molar-refractivity contribution in [1.82, 2.24) is 9.80 Å². The Morgan fingerprint density at radius 1 is 1.22 bits per heavy atom. The highest BCUT2D eigenvalue weighted by Gasteiger charge is 2.40. The van der Waals surface area contributed by atoms with Gasteiger partial charge in [-0.2, -0.15) is 0 Å². The molecular weight excluding hydrogens is 226 g/mol. The van der Waals surface area contributed by atoms with Crippen molar-refractivity contribution < 1.29 is 5.21 Å². The molecule has 3 rings (SSSR count). The van der Waals surface area contributed by atoms with Gasteiger partial charge in [-0.15, -0.1) is 0 Å². The third kappa shape index (κ3) is 2.86. The second-order valence-electron chi connectivity index (χ2n) is 5.65. The molecule has 1 unspecified atom stereocenters. The highest BCUT2D eigenvalue weighted by Crippen LogP contribution is 2.30. The standard InChI is InChI=1S/C14H27N3O/c1-3-7-16(8-4-2)11-13-14(15-18)12-5-9-17(13)10-6-12/h12-13,18H,3-11H2,1-2H3. The van der Waals surface area contributed by atoms with Crippen LogP contribution < -0.4 is 0 Å². The first-order valence-corrected chi connectivity index (χ1v) is 7.48. The summed E-state index contributed by atoms with van der Waals surface area (Å²) in [4.78, 5) is 5.03. The Morgan fingerprint density at radius 3 is 2.33 bits per heavy atom. The van der Waals surface area contributed by atoms with E-state index >= 15 is 0 Å². The zero-order chi connectivity index (χ0) is 13.0. The predicted molar refractivity (Wildman–Crippen MR) is 74.3 cm³/mol. The number of hydrogen-bond donors (Lipinski definition) is 1. The van der Waals surface area contributed by atoms with Crippen LogP contribution in [0.3, 0.4) is 0 Å². The zero-order valence-corrected chi connectivity index (χ0v) is 11.8. The first kappa shape index (κ1) is 13.8. The van der Waals surface area contributed by atoms with E-state index in [0.717, 1.165) is 25.3 Å². The Hall–Kier alpha value is -0.610. The molecule has 104 valence electrons. The second-order valence-corrected chi connectivity index (χ2v) is 5.65. The molecule has 0 aromatic carbocycles. The first-order chi connectivity index (χ1) is 8.80. The Labute approximate surface area is 111 Å². The van der Waals surface area contributed by atoms with Crippen LogP contribution >= 0.6 is 0 Å². The van der Waals surface area contributed by atoms with Crippen LogP contribution in [0.2, 0.25) is 0 Å². The number of nitrogens with zero attached hydrogens (tertiary/aromatic N) is 3. The van der Waals surface area contributed by atoms with Crippen molar-refractivity contribution in [3.8, 4) is 0 Å². The fraction of sp³-hybridized carbons (Fsp3) is 0.929. The lowest BCUT2D eigenvalue weighted by atomic mass is 9.81. The first-order valence-electron chi connectivity index (χ1n) is 7.48. The molecule has 3 heterocycles. The molecule has 2 bridgehead atoms. The lowest BCUT2D eigenvalue weighted by Gasteiger charge is -2.47. The summed E-state index contributed by atoms with van der Waals surface area (Å²) in [6, 6.07) is 0.362. The molecule has 0 aliphatic carbocycles. The van der Waals surface area contributed by atoms with E-state index < -0.39 is 0 Å². The van der Waals surface area contributed by atoms with E-state index in [9.17, 15) is 5.21 Å². The van der Waals surface area contributed by atoms with Gasteiger partial charge in [0, 0.05) is 12.5 Å². The van der Waals surface area contributed by atoms with Crippen LogP contribution in [-0.2, 0) is 0 Å². The minimum absolute atomic E-state index is 0.362. The maximum absolute atomic E-state index is 9.30. The number of fused-ring (bicyclic) bond motifs is 3. The van der Waals surface area contributed by atoms with Crippen LogP contribution in [0.5, 0.6) is 0 Å². The van der Waals surface area contributed by atoms with Crippen molar-refractivity contribution in [2.24, 2.45) is 11.1 Å². The average Bonchev–Trinajstić information content (AvgIpc) is 2.40. The molecule has 0 saturated carbocycles. The van der Waals surface area contributed by atoms with E-state index in [4.69, 9.17) is 0 Å². The third-order valence-electron chi connectivity index (χ3n) is 4.36. The number of hydrogen-bond acceptors (Lipinski definition) is 4. The molecule has 18 heavy (non-hydrogen) atoms. The van der Waals surface area contributed by atoms with Gasteiger partial charge in [-0.05, 0) is 51.9 Å². The smallest absolute Gasteiger partial charge is 0.0786 e. The second kappa shape index (κ2) is 6.53. The zero-order valence-electron chi connectivity index (χ0n) is 11.8. The van der Waals surface area contributed by atoms with E-state index in [1.165, 1.54) is 38.8 Å². The molecule has 3 aliphatic heterocycles. The number of oxime groups is 1. The van der Waals surface area contributed by atoms with Gasteiger partial charge in [0.2, 0.25) is 0 Å². The normalized spacial score (nSPS) is 33.5. The molecule has 1 atom stereocenters. The number of piperidine rings is 3. The SMILES string of the molecule is CCCN(CCC)CC1C(=NO)C2CCN1CC2. The molecule has 3 aliphatic rings. The topological polar surface area (TPSA) is 39.1 Å². The summed E-state index contributed by atoms with van der Waals surface area (Å²) in [5, 5.41) is 12.9. The van der Waals surface area contributed by atoms with E-state index in [1.807, 2.05) is 0 Å². The summed E-state index contributed by atoms with van der Waals surface area (Å²) < 4.78 is 0. The molecule has 0 amide bonds. The quantitative estimate of drug-likeness (QED) is 0.581. The largest absolute Gasteiger partial charge is 0.411 e. The molecule has 0 radical (unpaired) electrons. The van der Waals surface area contributed by atoms with Gasteiger partial charge in [0.05, 0.1) is 11.8 Å². The number of rotatable bonds is 6. The van der Waals surface area contributed by atoms with Gasteiger partial charge in [-0.3, -0.25) is 4.90 Å². The van der Waals surface area contributed by atoms with Crippen LogP contribution in [0.1, 0.15) is 39.5 Å². The highest BCUT2D eigenvalue weighted by molar-refractivity contribution is 5.92. The predicted octanol–water partition coefficient (Wildman–Crippen LogP) is 2.03. The summed E-state index contributed by atoms with van der Waals surface area (Å²) in [6.07, 6.45) is 4.75. The van der Waals surface area contributed by atoms with Crippen molar-refractivity contribution in [3.05, 3.63) is 0 Å². The van der Waals surface area contributed by atoms with Gasteiger partial charge in [-0.1, -0.05) is 19.0 Å². The fourth-order valence-corrected chi connectivity index (χ4v) is 3.49. The molecule has 4 nitrogen and oxygen atoms in total. The Kier molecular flexibility index (Phi) is 5.01. The molecule has 0 spiro atoms. The molecular formula is C14H27N3O. The van der Waals surface area contributed by atoms with Crippen molar-refractivity contribution in [2.45, 2.75) is 45.6 Å². The molecule has 0 aromatic rings. The minimum Gasteiger partial charge on any atom is -0.411 e. The maximum atomic E-state index is 9.30. The van der Waals surface area contributed by atoms with E-state index in [1.54, 1.807) is 0 Å². The van der Waals surface area contributed by atoms with E-state index in [0.29, 0.717) is 12.0 Å². The molecule has 4 heteroatoms. The lowest BCUT2D eigenvalue weighted by Crippen LogP contribution is -2.59. The summed E-state index contributed by atoms with van der Waals surface area (Å²) in [6.45, 7) is 10.2. The molecule has 1 N–H and O–H groups in total. The van der Waals surface area contributed by atoms with Crippen LogP contribution in [-0.4, -0.2) is 59.5 Å². The van der Waals surface area contributed by atoms with Gasteiger partial charge in [0.15, 0.2) is 0 Å². The van der Waals surface area contributed by atoms with Crippen LogP contribution in [0.25, 0.3) is 0 Å². The summed E-state index contributed by atoms with van der Waals surface area (Å²) >= 11 is 0. The Morgan fingerprint density at radius 2 is 1.83 bits per heavy atom. The summed E-state index contributed by atoms with van der Waals surface area (Å²) in [5.41, 5.74) is 1.05. The minimum atomic E-state index is 0.362. The average molecular weight is 253 g/mol. The van der Waals surface area contributed by atoms with E-state index in [-0.39, 0.29) is 0 Å².